The lowest BCUT2D eigenvalue weighted by Crippen LogP contribution is -2.32. The van der Waals surface area contributed by atoms with E-state index in [0.29, 0.717) is 11.3 Å². The minimum atomic E-state index is -1.10. The summed E-state index contributed by atoms with van der Waals surface area (Å²) in [4.78, 5) is 10.8. The molecule has 0 bridgehead atoms. The first-order valence-electron chi connectivity index (χ1n) is 5.71. The molecule has 0 heterocycles. The highest BCUT2D eigenvalue weighted by Gasteiger charge is 2.19. The molecule has 0 aromatic heterocycles. The van der Waals surface area contributed by atoms with Gasteiger partial charge in [-0.2, -0.15) is 0 Å². The maximum atomic E-state index is 13.4. The minimum Gasteiger partial charge on any atom is -0.496 e. The molecule has 1 aromatic carbocycles. The molecule has 0 aliphatic carbocycles. The molecular formula is C13H18FNO3. The zero-order valence-corrected chi connectivity index (χ0v) is 10.7. The lowest BCUT2D eigenvalue weighted by molar-refractivity contribution is -0.138. The number of aliphatic carboxylic acids is 1. The van der Waals surface area contributed by atoms with Gasteiger partial charge in [-0.1, -0.05) is 13.8 Å². The highest BCUT2D eigenvalue weighted by molar-refractivity contribution is 5.73. The lowest BCUT2D eigenvalue weighted by atomic mass is 9.92. The van der Waals surface area contributed by atoms with E-state index in [4.69, 9.17) is 15.6 Å². The van der Waals surface area contributed by atoms with Gasteiger partial charge in [-0.15, -0.1) is 0 Å². The average Bonchev–Trinajstić information content (AvgIpc) is 2.27. The number of hydrogen-bond donors (Lipinski definition) is 2. The summed E-state index contributed by atoms with van der Waals surface area (Å²) in [5.74, 6) is -1.04. The molecule has 1 aromatic rings. The third-order valence-corrected chi connectivity index (χ3v) is 2.75. The monoisotopic (exact) mass is 255 g/mol. The Hall–Kier alpha value is -1.62. The van der Waals surface area contributed by atoms with Gasteiger partial charge in [-0.25, -0.2) is 4.39 Å². The van der Waals surface area contributed by atoms with Gasteiger partial charge in [0.1, 0.15) is 17.6 Å². The van der Waals surface area contributed by atoms with Crippen molar-refractivity contribution in [3.8, 4) is 5.75 Å². The summed E-state index contributed by atoms with van der Waals surface area (Å²) in [5.41, 5.74) is 6.88. The third-order valence-electron chi connectivity index (χ3n) is 2.75. The van der Waals surface area contributed by atoms with Crippen molar-refractivity contribution in [2.45, 2.75) is 32.2 Å². The topological polar surface area (TPSA) is 72.5 Å². The highest BCUT2D eigenvalue weighted by Crippen LogP contribution is 2.31. The maximum absolute atomic E-state index is 13.4. The number of carbonyl (C=O) groups is 1. The van der Waals surface area contributed by atoms with Gasteiger partial charge in [0.05, 0.1) is 7.11 Å². The van der Waals surface area contributed by atoms with Gasteiger partial charge in [-0.3, -0.25) is 4.79 Å². The summed E-state index contributed by atoms with van der Waals surface area (Å²) in [6.45, 7) is 3.87. The van der Waals surface area contributed by atoms with Crippen molar-refractivity contribution in [2.24, 2.45) is 5.73 Å². The van der Waals surface area contributed by atoms with Crippen molar-refractivity contribution in [2.75, 3.05) is 7.11 Å². The molecule has 1 unspecified atom stereocenters. The largest absolute Gasteiger partial charge is 0.496 e. The van der Waals surface area contributed by atoms with Crippen LogP contribution >= 0.6 is 0 Å². The number of hydrogen-bond acceptors (Lipinski definition) is 3. The van der Waals surface area contributed by atoms with E-state index >= 15 is 0 Å². The molecule has 0 spiro atoms. The van der Waals surface area contributed by atoms with E-state index in [1.807, 2.05) is 13.8 Å². The van der Waals surface area contributed by atoms with E-state index in [1.54, 1.807) is 0 Å². The van der Waals surface area contributed by atoms with Gasteiger partial charge >= 0.3 is 5.97 Å². The molecule has 0 saturated heterocycles. The van der Waals surface area contributed by atoms with Crippen LogP contribution < -0.4 is 10.5 Å². The van der Waals surface area contributed by atoms with E-state index < -0.39 is 17.8 Å². The summed E-state index contributed by atoms with van der Waals surface area (Å²) in [6.07, 6.45) is 0.0803. The SMILES string of the molecule is COc1cc(F)cc(CC(N)C(=O)O)c1C(C)C. The number of carboxylic acid groups (broad SMARTS) is 1. The normalized spacial score (nSPS) is 12.6. The Morgan fingerprint density at radius 2 is 2.11 bits per heavy atom. The fraction of sp³-hybridized carbons (Fsp3) is 0.462. The predicted octanol–water partition coefficient (Wildman–Crippen LogP) is 1.91. The molecule has 0 aliphatic heterocycles. The fourth-order valence-corrected chi connectivity index (χ4v) is 1.96. The van der Waals surface area contributed by atoms with Crippen molar-refractivity contribution >= 4 is 5.97 Å². The standard InChI is InChI=1S/C13H18FNO3/c1-7(2)12-8(5-10(15)13(16)17)4-9(14)6-11(12)18-3/h4,6-7,10H,5,15H2,1-3H3,(H,16,17). The molecule has 1 atom stereocenters. The van der Waals surface area contributed by atoms with Gasteiger partial charge < -0.3 is 15.6 Å². The molecule has 100 valence electrons. The highest BCUT2D eigenvalue weighted by atomic mass is 19.1. The second-order valence-electron chi connectivity index (χ2n) is 4.48. The van der Waals surface area contributed by atoms with Crippen LogP contribution in [0.4, 0.5) is 4.39 Å². The van der Waals surface area contributed by atoms with Crippen LogP contribution in [0.5, 0.6) is 5.75 Å². The number of nitrogens with two attached hydrogens (primary N) is 1. The van der Waals surface area contributed by atoms with E-state index in [1.165, 1.54) is 19.2 Å². The molecule has 0 aliphatic rings. The Bertz CT molecular complexity index is 446. The number of benzene rings is 1. The van der Waals surface area contributed by atoms with E-state index in [-0.39, 0.29) is 12.3 Å². The smallest absolute Gasteiger partial charge is 0.320 e. The van der Waals surface area contributed by atoms with E-state index in [2.05, 4.69) is 0 Å². The summed E-state index contributed by atoms with van der Waals surface area (Å²) in [7, 11) is 1.46. The van der Waals surface area contributed by atoms with Gasteiger partial charge in [0.2, 0.25) is 0 Å². The van der Waals surface area contributed by atoms with Crippen LogP contribution in [0.3, 0.4) is 0 Å². The van der Waals surface area contributed by atoms with Crippen LogP contribution in [0.25, 0.3) is 0 Å². The zero-order valence-electron chi connectivity index (χ0n) is 10.7. The molecule has 1 rings (SSSR count). The number of rotatable bonds is 5. The first-order valence-corrected chi connectivity index (χ1v) is 5.71. The Morgan fingerprint density at radius 3 is 2.56 bits per heavy atom. The van der Waals surface area contributed by atoms with Crippen LogP contribution in [-0.4, -0.2) is 24.2 Å². The van der Waals surface area contributed by atoms with Gasteiger partial charge in [-0.05, 0) is 24.0 Å². The second-order valence-corrected chi connectivity index (χ2v) is 4.48. The maximum Gasteiger partial charge on any atom is 0.320 e. The molecule has 18 heavy (non-hydrogen) atoms. The Balaban J connectivity index is 3.23. The van der Waals surface area contributed by atoms with Crippen molar-refractivity contribution < 1.29 is 19.0 Å². The van der Waals surface area contributed by atoms with Crippen molar-refractivity contribution in [1.82, 2.24) is 0 Å². The van der Waals surface area contributed by atoms with Gasteiger partial charge in [0, 0.05) is 11.6 Å². The Labute approximate surface area is 106 Å². The number of ether oxygens (including phenoxy) is 1. The van der Waals surface area contributed by atoms with Crippen LogP contribution in [0, 0.1) is 5.82 Å². The minimum absolute atomic E-state index is 0.0803. The molecule has 4 nitrogen and oxygen atoms in total. The third kappa shape index (κ3) is 3.20. The van der Waals surface area contributed by atoms with E-state index in [9.17, 15) is 9.18 Å². The summed E-state index contributed by atoms with van der Waals surface area (Å²) in [5, 5.41) is 8.82. The molecule has 0 saturated carbocycles. The van der Waals surface area contributed by atoms with Gasteiger partial charge in [0.25, 0.3) is 0 Å². The molecule has 0 fully saturated rings. The summed E-state index contributed by atoms with van der Waals surface area (Å²) in [6, 6.07) is 1.57. The van der Waals surface area contributed by atoms with Crippen molar-refractivity contribution in [3.05, 3.63) is 29.1 Å². The van der Waals surface area contributed by atoms with Crippen molar-refractivity contribution in [3.63, 3.8) is 0 Å². The quantitative estimate of drug-likeness (QED) is 0.843. The van der Waals surface area contributed by atoms with Crippen molar-refractivity contribution in [1.29, 1.82) is 0 Å². The number of halogens is 1. The van der Waals surface area contributed by atoms with Crippen LogP contribution in [0.2, 0.25) is 0 Å². The Kier molecular flexibility index (Phi) is 4.67. The molecule has 0 radical (unpaired) electrons. The van der Waals surface area contributed by atoms with Crippen LogP contribution in [-0.2, 0) is 11.2 Å². The van der Waals surface area contributed by atoms with Gasteiger partial charge in [0.15, 0.2) is 0 Å². The second kappa shape index (κ2) is 5.82. The Morgan fingerprint density at radius 1 is 1.50 bits per heavy atom. The molecular weight excluding hydrogens is 237 g/mol. The number of carboxylic acids is 1. The van der Waals surface area contributed by atoms with Crippen LogP contribution in [0.15, 0.2) is 12.1 Å². The zero-order chi connectivity index (χ0) is 13.9. The van der Waals surface area contributed by atoms with Crippen LogP contribution in [0.1, 0.15) is 30.9 Å². The summed E-state index contributed by atoms with van der Waals surface area (Å²) >= 11 is 0. The molecule has 0 amide bonds. The predicted molar refractivity (Wildman–Crippen MR) is 66.4 cm³/mol. The molecule has 3 N–H and O–H groups in total. The first kappa shape index (κ1) is 14.4. The molecule has 5 heteroatoms. The van der Waals surface area contributed by atoms with E-state index in [0.717, 1.165) is 5.56 Å². The first-order chi connectivity index (χ1) is 8.36. The number of methoxy groups -OCH3 is 1. The average molecular weight is 255 g/mol. The lowest BCUT2D eigenvalue weighted by Gasteiger charge is -2.18. The summed E-state index contributed by atoms with van der Waals surface area (Å²) < 4.78 is 18.6. The fourth-order valence-electron chi connectivity index (χ4n) is 1.96.